The van der Waals surface area contributed by atoms with Crippen LogP contribution in [0.15, 0.2) is 22.7 Å². The van der Waals surface area contributed by atoms with E-state index < -0.39 is 0 Å². The minimum absolute atomic E-state index is 0.941. The van der Waals surface area contributed by atoms with Crippen LogP contribution in [0.25, 0.3) is 0 Å². The van der Waals surface area contributed by atoms with Crippen molar-refractivity contribution in [1.29, 1.82) is 0 Å². The number of hydrogen-bond acceptors (Lipinski definition) is 2. The largest absolute Gasteiger partial charge is 0.371 e. The van der Waals surface area contributed by atoms with Crippen LogP contribution < -0.4 is 10.2 Å². The molecule has 0 atom stereocenters. The normalized spacial score (nSPS) is 10.7. The van der Waals surface area contributed by atoms with Gasteiger partial charge in [0.25, 0.3) is 0 Å². The van der Waals surface area contributed by atoms with Crippen LogP contribution >= 0.6 is 15.9 Å². The predicted octanol–water partition coefficient (Wildman–Crippen LogP) is 4.19. The fraction of sp³-hybridized carbons (Fsp3) is 0.600. The van der Waals surface area contributed by atoms with Crippen LogP contribution in [0.2, 0.25) is 0 Å². The lowest BCUT2D eigenvalue weighted by Gasteiger charge is -2.24. The van der Waals surface area contributed by atoms with E-state index in [2.05, 4.69) is 65.1 Å². The van der Waals surface area contributed by atoms with E-state index in [1.54, 1.807) is 0 Å². The Morgan fingerprint density at radius 3 is 2.56 bits per heavy atom. The number of halogens is 1. The van der Waals surface area contributed by atoms with Crippen molar-refractivity contribution in [2.24, 2.45) is 0 Å². The lowest BCUT2D eigenvalue weighted by Crippen LogP contribution is -2.24. The zero-order chi connectivity index (χ0) is 13.4. The molecule has 0 saturated carbocycles. The Morgan fingerprint density at radius 2 is 2.00 bits per heavy atom. The predicted molar refractivity (Wildman–Crippen MR) is 84.3 cm³/mol. The van der Waals surface area contributed by atoms with Gasteiger partial charge in [0.05, 0.1) is 5.69 Å². The van der Waals surface area contributed by atoms with Gasteiger partial charge in [-0.3, -0.25) is 0 Å². The maximum atomic E-state index is 3.70. The Morgan fingerprint density at radius 1 is 1.22 bits per heavy atom. The average Bonchev–Trinajstić information content (AvgIpc) is 2.39. The molecule has 0 aliphatic rings. The van der Waals surface area contributed by atoms with E-state index in [1.807, 2.05) is 0 Å². The van der Waals surface area contributed by atoms with Crippen molar-refractivity contribution < 1.29 is 0 Å². The van der Waals surface area contributed by atoms with Crippen LogP contribution in [-0.2, 0) is 6.54 Å². The van der Waals surface area contributed by atoms with E-state index >= 15 is 0 Å². The summed E-state index contributed by atoms with van der Waals surface area (Å²) in [5.74, 6) is 0. The lowest BCUT2D eigenvalue weighted by molar-refractivity contribution is 0.722. The van der Waals surface area contributed by atoms with Crippen LogP contribution in [0.3, 0.4) is 0 Å². The smallest absolute Gasteiger partial charge is 0.0510 e. The number of hydrogen-bond donors (Lipinski definition) is 1. The molecule has 0 radical (unpaired) electrons. The molecule has 0 amide bonds. The number of unbranched alkanes of at least 4 members (excludes halogenated alkanes) is 1. The Hall–Kier alpha value is -0.540. The quantitative estimate of drug-likeness (QED) is 0.774. The third kappa shape index (κ3) is 4.62. The van der Waals surface area contributed by atoms with Gasteiger partial charge >= 0.3 is 0 Å². The minimum atomic E-state index is 0.941. The molecule has 2 nitrogen and oxygen atoms in total. The second kappa shape index (κ2) is 8.54. The van der Waals surface area contributed by atoms with Crippen molar-refractivity contribution in [3.05, 3.63) is 28.2 Å². The number of nitrogens with one attached hydrogen (secondary N) is 1. The highest BCUT2D eigenvalue weighted by atomic mass is 79.9. The minimum Gasteiger partial charge on any atom is -0.371 e. The molecule has 102 valence electrons. The van der Waals surface area contributed by atoms with Gasteiger partial charge in [0.15, 0.2) is 0 Å². The van der Waals surface area contributed by atoms with Gasteiger partial charge in [0.1, 0.15) is 0 Å². The van der Waals surface area contributed by atoms with Crippen molar-refractivity contribution in [3.63, 3.8) is 0 Å². The van der Waals surface area contributed by atoms with E-state index in [0.29, 0.717) is 0 Å². The van der Waals surface area contributed by atoms with Crippen molar-refractivity contribution in [1.82, 2.24) is 5.32 Å². The fourth-order valence-corrected chi connectivity index (χ4v) is 2.66. The third-order valence-electron chi connectivity index (χ3n) is 3.10. The van der Waals surface area contributed by atoms with E-state index in [9.17, 15) is 0 Å². The first kappa shape index (κ1) is 15.5. The molecule has 0 saturated heterocycles. The zero-order valence-corrected chi connectivity index (χ0v) is 13.4. The second-order valence-corrected chi connectivity index (χ2v) is 5.35. The first-order chi connectivity index (χ1) is 8.72. The number of benzene rings is 1. The summed E-state index contributed by atoms with van der Waals surface area (Å²) in [6, 6.07) is 6.68. The molecule has 1 aromatic rings. The molecule has 0 aromatic heterocycles. The molecule has 1 N–H and O–H groups in total. The first-order valence-corrected chi connectivity index (χ1v) is 7.76. The molecular formula is C15H25BrN2. The summed E-state index contributed by atoms with van der Waals surface area (Å²) in [6.07, 6.45) is 2.49. The Kier molecular flexibility index (Phi) is 7.36. The summed E-state index contributed by atoms with van der Waals surface area (Å²) in [7, 11) is 0. The topological polar surface area (TPSA) is 15.3 Å². The average molecular weight is 313 g/mol. The molecular weight excluding hydrogens is 288 g/mol. The van der Waals surface area contributed by atoms with Gasteiger partial charge in [-0.25, -0.2) is 0 Å². The van der Waals surface area contributed by atoms with Gasteiger partial charge in [-0.15, -0.1) is 0 Å². The van der Waals surface area contributed by atoms with Crippen LogP contribution in [0, 0.1) is 0 Å². The highest BCUT2D eigenvalue weighted by Crippen LogP contribution is 2.27. The summed E-state index contributed by atoms with van der Waals surface area (Å²) in [4.78, 5) is 2.44. The van der Waals surface area contributed by atoms with Gasteiger partial charge in [-0.1, -0.05) is 26.3 Å². The number of rotatable bonds is 8. The summed E-state index contributed by atoms with van der Waals surface area (Å²) in [5.41, 5.74) is 2.64. The third-order valence-corrected chi connectivity index (χ3v) is 3.73. The molecule has 0 aliphatic heterocycles. The van der Waals surface area contributed by atoms with Crippen molar-refractivity contribution in [2.75, 3.05) is 24.5 Å². The second-order valence-electron chi connectivity index (χ2n) is 4.50. The van der Waals surface area contributed by atoms with Crippen molar-refractivity contribution in [2.45, 2.75) is 40.2 Å². The maximum Gasteiger partial charge on any atom is 0.0510 e. The highest BCUT2D eigenvalue weighted by Gasteiger charge is 2.08. The van der Waals surface area contributed by atoms with E-state index in [4.69, 9.17) is 0 Å². The van der Waals surface area contributed by atoms with E-state index in [1.165, 1.54) is 28.6 Å². The molecule has 0 aliphatic carbocycles. The van der Waals surface area contributed by atoms with Crippen LogP contribution in [0.5, 0.6) is 0 Å². The van der Waals surface area contributed by atoms with Crippen molar-refractivity contribution >= 4 is 21.6 Å². The SMILES string of the molecule is CCCCN(CC)c1ccc(CNCC)cc1Br. The molecule has 0 fully saturated rings. The summed E-state index contributed by atoms with van der Waals surface area (Å²) in [6.45, 7) is 10.7. The molecule has 18 heavy (non-hydrogen) atoms. The van der Waals surface area contributed by atoms with Gasteiger partial charge in [-0.05, 0) is 53.5 Å². The molecule has 0 spiro atoms. The Labute approximate surface area is 120 Å². The van der Waals surface area contributed by atoms with E-state index in [-0.39, 0.29) is 0 Å². The van der Waals surface area contributed by atoms with Crippen LogP contribution in [-0.4, -0.2) is 19.6 Å². The molecule has 0 unspecified atom stereocenters. The number of nitrogens with zero attached hydrogens (tertiary/aromatic N) is 1. The molecule has 0 heterocycles. The van der Waals surface area contributed by atoms with Gasteiger partial charge in [0.2, 0.25) is 0 Å². The number of anilines is 1. The maximum absolute atomic E-state index is 3.70. The van der Waals surface area contributed by atoms with Gasteiger partial charge in [-0.2, -0.15) is 0 Å². The zero-order valence-electron chi connectivity index (χ0n) is 11.8. The molecule has 3 heteroatoms. The summed E-state index contributed by atoms with van der Waals surface area (Å²) >= 11 is 3.70. The molecule has 0 bridgehead atoms. The first-order valence-electron chi connectivity index (χ1n) is 6.97. The summed E-state index contributed by atoms with van der Waals surface area (Å²) < 4.78 is 1.20. The van der Waals surface area contributed by atoms with E-state index in [0.717, 1.165) is 26.2 Å². The van der Waals surface area contributed by atoms with Crippen LogP contribution in [0.1, 0.15) is 39.2 Å². The Bertz CT molecular complexity index is 352. The van der Waals surface area contributed by atoms with Gasteiger partial charge < -0.3 is 10.2 Å². The Balaban J connectivity index is 2.75. The lowest BCUT2D eigenvalue weighted by atomic mass is 10.2. The highest BCUT2D eigenvalue weighted by molar-refractivity contribution is 9.10. The summed E-state index contributed by atoms with van der Waals surface area (Å²) in [5, 5.41) is 3.35. The van der Waals surface area contributed by atoms with Crippen molar-refractivity contribution in [3.8, 4) is 0 Å². The van der Waals surface area contributed by atoms with Crippen LogP contribution in [0.4, 0.5) is 5.69 Å². The fourth-order valence-electron chi connectivity index (χ4n) is 1.98. The standard InChI is InChI=1S/C15H25BrN2/c1-4-7-10-18(6-3)15-9-8-13(11-14(15)16)12-17-5-2/h8-9,11,17H,4-7,10,12H2,1-3H3. The molecule has 1 aromatic carbocycles. The monoisotopic (exact) mass is 312 g/mol. The molecule has 1 rings (SSSR count). The van der Waals surface area contributed by atoms with Gasteiger partial charge in [0, 0.05) is 24.1 Å².